The van der Waals surface area contributed by atoms with E-state index in [0.717, 1.165) is 29.4 Å². The number of aliphatic hydroxyl groups is 1. The third-order valence-corrected chi connectivity index (χ3v) is 2.71. The zero-order chi connectivity index (χ0) is 8.89. The summed E-state index contributed by atoms with van der Waals surface area (Å²) in [5.74, 6) is 0. The van der Waals surface area contributed by atoms with Crippen LogP contribution in [0.3, 0.4) is 0 Å². The third kappa shape index (κ3) is 0.988. The predicted octanol–water partition coefficient (Wildman–Crippen LogP) is 2.41. The molecule has 0 spiro atoms. The van der Waals surface area contributed by atoms with Crippen LogP contribution in [0.1, 0.15) is 18.4 Å². The first kappa shape index (κ1) is 7.15. The fourth-order valence-corrected chi connectivity index (χ4v) is 1.66. The van der Waals surface area contributed by atoms with Gasteiger partial charge in [-0.15, -0.1) is 0 Å². The van der Waals surface area contributed by atoms with E-state index in [1.165, 1.54) is 0 Å². The minimum Gasteiger partial charge on any atom is -0.464 e. The van der Waals surface area contributed by atoms with Gasteiger partial charge in [-0.2, -0.15) is 0 Å². The highest BCUT2D eigenvalue weighted by Gasteiger charge is 2.42. The van der Waals surface area contributed by atoms with Crippen LogP contribution in [-0.4, -0.2) is 5.11 Å². The fourth-order valence-electron chi connectivity index (χ4n) is 1.66. The Morgan fingerprint density at radius 2 is 2.08 bits per heavy atom. The Balaban J connectivity index is 2.20. The van der Waals surface area contributed by atoms with Crippen LogP contribution in [0.2, 0.25) is 0 Å². The summed E-state index contributed by atoms with van der Waals surface area (Å²) in [4.78, 5) is 0. The Morgan fingerprint density at radius 1 is 1.23 bits per heavy atom. The lowest BCUT2D eigenvalue weighted by atomic mass is 10.1. The second-order valence-corrected chi connectivity index (χ2v) is 3.70. The molecule has 66 valence electrons. The maximum absolute atomic E-state index is 9.87. The lowest BCUT2D eigenvalue weighted by Gasteiger charge is -2.06. The van der Waals surface area contributed by atoms with Gasteiger partial charge in [0, 0.05) is 5.39 Å². The maximum atomic E-state index is 9.87. The van der Waals surface area contributed by atoms with E-state index in [2.05, 4.69) is 0 Å². The Kier molecular flexibility index (Phi) is 1.18. The van der Waals surface area contributed by atoms with E-state index in [4.69, 9.17) is 4.42 Å². The first-order chi connectivity index (χ1) is 6.28. The third-order valence-electron chi connectivity index (χ3n) is 2.71. The lowest BCUT2D eigenvalue weighted by Crippen LogP contribution is -2.02. The standard InChI is InChI=1S/C11H10O2/c12-11(4-5-11)9-1-2-10-8(7-9)3-6-13-10/h1-3,6-7,12H,4-5H2. The van der Waals surface area contributed by atoms with Crippen LogP contribution in [0, 0.1) is 0 Å². The van der Waals surface area contributed by atoms with Gasteiger partial charge in [0.1, 0.15) is 5.58 Å². The molecule has 0 radical (unpaired) electrons. The number of fused-ring (bicyclic) bond motifs is 1. The zero-order valence-corrected chi connectivity index (χ0v) is 7.16. The van der Waals surface area contributed by atoms with Gasteiger partial charge in [-0.3, -0.25) is 0 Å². The summed E-state index contributed by atoms with van der Waals surface area (Å²) in [5.41, 5.74) is 1.36. The summed E-state index contributed by atoms with van der Waals surface area (Å²) in [6.45, 7) is 0. The molecular weight excluding hydrogens is 164 g/mol. The van der Waals surface area contributed by atoms with E-state index in [1.54, 1.807) is 6.26 Å². The van der Waals surface area contributed by atoms with Gasteiger partial charge < -0.3 is 9.52 Å². The molecule has 1 N–H and O–H groups in total. The van der Waals surface area contributed by atoms with Gasteiger partial charge in [0.2, 0.25) is 0 Å². The van der Waals surface area contributed by atoms with Gasteiger partial charge in [0.15, 0.2) is 0 Å². The number of rotatable bonds is 1. The molecule has 0 amide bonds. The molecule has 1 aromatic carbocycles. The van der Waals surface area contributed by atoms with Crippen LogP contribution < -0.4 is 0 Å². The van der Waals surface area contributed by atoms with Crippen molar-refractivity contribution in [1.82, 2.24) is 0 Å². The van der Waals surface area contributed by atoms with E-state index >= 15 is 0 Å². The summed E-state index contributed by atoms with van der Waals surface area (Å²) in [7, 11) is 0. The molecule has 1 aliphatic rings. The molecule has 1 heterocycles. The number of benzene rings is 1. The largest absolute Gasteiger partial charge is 0.464 e. The van der Waals surface area contributed by atoms with Crippen LogP contribution in [0.25, 0.3) is 11.0 Å². The Bertz CT molecular complexity index is 452. The van der Waals surface area contributed by atoms with Gasteiger partial charge in [0.05, 0.1) is 11.9 Å². The fraction of sp³-hybridized carbons (Fsp3) is 0.273. The average molecular weight is 174 g/mol. The summed E-state index contributed by atoms with van der Waals surface area (Å²) in [5, 5.41) is 10.9. The van der Waals surface area contributed by atoms with Gasteiger partial charge in [-0.05, 0) is 36.6 Å². The Morgan fingerprint density at radius 3 is 2.85 bits per heavy atom. The Hall–Kier alpha value is -1.28. The van der Waals surface area contributed by atoms with Crippen LogP contribution in [0.15, 0.2) is 34.9 Å². The lowest BCUT2D eigenvalue weighted by molar-refractivity contribution is 0.151. The molecule has 2 nitrogen and oxygen atoms in total. The van der Waals surface area contributed by atoms with E-state index in [1.807, 2.05) is 24.3 Å². The first-order valence-corrected chi connectivity index (χ1v) is 4.48. The quantitative estimate of drug-likeness (QED) is 0.720. The minimum absolute atomic E-state index is 0.536. The molecule has 1 saturated carbocycles. The molecule has 0 bridgehead atoms. The summed E-state index contributed by atoms with van der Waals surface area (Å²) < 4.78 is 5.22. The zero-order valence-electron chi connectivity index (χ0n) is 7.16. The predicted molar refractivity (Wildman–Crippen MR) is 49.3 cm³/mol. The van der Waals surface area contributed by atoms with Crippen molar-refractivity contribution < 1.29 is 9.52 Å². The summed E-state index contributed by atoms with van der Waals surface area (Å²) >= 11 is 0. The van der Waals surface area contributed by atoms with Crippen molar-refractivity contribution in [3.63, 3.8) is 0 Å². The second-order valence-electron chi connectivity index (χ2n) is 3.70. The number of hydrogen-bond acceptors (Lipinski definition) is 2. The van der Waals surface area contributed by atoms with Crippen molar-refractivity contribution in [1.29, 1.82) is 0 Å². The van der Waals surface area contributed by atoms with Crippen molar-refractivity contribution in [2.24, 2.45) is 0 Å². The molecule has 3 rings (SSSR count). The van der Waals surface area contributed by atoms with Gasteiger partial charge in [0.25, 0.3) is 0 Å². The van der Waals surface area contributed by atoms with Crippen molar-refractivity contribution >= 4 is 11.0 Å². The van der Waals surface area contributed by atoms with E-state index in [0.29, 0.717) is 0 Å². The molecule has 2 heteroatoms. The molecule has 0 saturated heterocycles. The Labute approximate surface area is 75.8 Å². The van der Waals surface area contributed by atoms with Crippen molar-refractivity contribution in [3.05, 3.63) is 36.1 Å². The first-order valence-electron chi connectivity index (χ1n) is 4.48. The maximum Gasteiger partial charge on any atom is 0.133 e. The van der Waals surface area contributed by atoms with Crippen LogP contribution in [0.5, 0.6) is 0 Å². The van der Waals surface area contributed by atoms with E-state index < -0.39 is 5.60 Å². The highest BCUT2D eigenvalue weighted by molar-refractivity contribution is 5.78. The number of furan rings is 1. The van der Waals surface area contributed by atoms with Crippen LogP contribution in [-0.2, 0) is 5.60 Å². The second kappa shape index (κ2) is 2.15. The molecule has 1 fully saturated rings. The average Bonchev–Trinajstić information content (AvgIpc) is 2.74. The van der Waals surface area contributed by atoms with Crippen molar-refractivity contribution in [3.8, 4) is 0 Å². The summed E-state index contributed by atoms with van der Waals surface area (Å²) in [6.07, 6.45) is 3.44. The molecule has 1 aromatic heterocycles. The molecular formula is C11H10O2. The van der Waals surface area contributed by atoms with Gasteiger partial charge >= 0.3 is 0 Å². The number of hydrogen-bond donors (Lipinski definition) is 1. The van der Waals surface area contributed by atoms with Gasteiger partial charge in [-0.1, -0.05) is 6.07 Å². The van der Waals surface area contributed by atoms with E-state index in [9.17, 15) is 5.11 Å². The van der Waals surface area contributed by atoms with Crippen LogP contribution in [0.4, 0.5) is 0 Å². The SMILES string of the molecule is OC1(c2ccc3occc3c2)CC1. The molecule has 2 aromatic rings. The highest BCUT2D eigenvalue weighted by atomic mass is 16.3. The molecule has 0 unspecified atom stereocenters. The molecule has 0 atom stereocenters. The van der Waals surface area contributed by atoms with Crippen molar-refractivity contribution in [2.45, 2.75) is 18.4 Å². The molecule has 13 heavy (non-hydrogen) atoms. The smallest absolute Gasteiger partial charge is 0.133 e. The van der Waals surface area contributed by atoms with Crippen molar-refractivity contribution in [2.75, 3.05) is 0 Å². The summed E-state index contributed by atoms with van der Waals surface area (Å²) in [6, 6.07) is 7.79. The highest BCUT2D eigenvalue weighted by Crippen LogP contribution is 2.45. The monoisotopic (exact) mass is 174 g/mol. The van der Waals surface area contributed by atoms with Gasteiger partial charge in [-0.25, -0.2) is 0 Å². The topological polar surface area (TPSA) is 33.4 Å². The van der Waals surface area contributed by atoms with E-state index in [-0.39, 0.29) is 0 Å². The minimum atomic E-state index is -0.536. The normalized spacial score (nSPS) is 19.2. The molecule has 0 aliphatic heterocycles. The molecule has 1 aliphatic carbocycles. The van der Waals surface area contributed by atoms with Crippen LogP contribution >= 0.6 is 0 Å².